The lowest BCUT2D eigenvalue weighted by atomic mass is 9.93. The first-order valence-corrected chi connectivity index (χ1v) is 7.34. The third-order valence-corrected chi connectivity index (χ3v) is 3.76. The van der Waals surface area contributed by atoms with Crippen LogP contribution in [0, 0.1) is 0 Å². The molecule has 0 spiro atoms. The Labute approximate surface area is 123 Å². The molecule has 114 valence electrons. The van der Waals surface area contributed by atoms with Crippen molar-refractivity contribution in [2.75, 3.05) is 13.2 Å². The molecule has 1 saturated heterocycles. The first-order chi connectivity index (χ1) is 10.0. The summed E-state index contributed by atoms with van der Waals surface area (Å²) in [6.07, 6.45) is 1.93. The van der Waals surface area contributed by atoms with E-state index in [4.69, 9.17) is 9.26 Å². The number of aromatic nitrogens is 5. The predicted octanol–water partition coefficient (Wildman–Crippen LogP) is 1.90. The van der Waals surface area contributed by atoms with Crippen LogP contribution in [0.25, 0.3) is 0 Å². The van der Waals surface area contributed by atoms with Crippen LogP contribution in [0.3, 0.4) is 0 Å². The highest BCUT2D eigenvalue weighted by Crippen LogP contribution is 2.26. The van der Waals surface area contributed by atoms with E-state index < -0.39 is 0 Å². The maximum absolute atomic E-state index is 5.41. The smallest absolute Gasteiger partial charge is 0.154 e. The molecule has 0 amide bonds. The summed E-state index contributed by atoms with van der Waals surface area (Å²) in [5, 5.41) is 16.2. The summed E-state index contributed by atoms with van der Waals surface area (Å²) in [6, 6.07) is 1.98. The minimum atomic E-state index is -0.0462. The average Bonchev–Trinajstić information content (AvgIpc) is 3.09. The number of nitrogens with zero attached hydrogens (tertiary/aromatic N) is 5. The van der Waals surface area contributed by atoms with Crippen molar-refractivity contribution in [1.82, 2.24) is 25.4 Å². The largest absolute Gasteiger partial charge is 0.381 e. The Morgan fingerprint density at radius 3 is 2.71 bits per heavy atom. The minimum absolute atomic E-state index is 0.0462. The molecule has 0 saturated carbocycles. The molecule has 21 heavy (non-hydrogen) atoms. The van der Waals surface area contributed by atoms with E-state index in [1.54, 1.807) is 0 Å². The van der Waals surface area contributed by atoms with E-state index in [0.717, 1.165) is 43.3 Å². The highest BCUT2D eigenvalue weighted by atomic mass is 16.5. The lowest BCUT2D eigenvalue weighted by Crippen LogP contribution is -2.19. The van der Waals surface area contributed by atoms with Crippen molar-refractivity contribution in [2.45, 2.75) is 51.5 Å². The van der Waals surface area contributed by atoms with Gasteiger partial charge in [-0.25, -0.2) is 4.68 Å². The molecule has 2 aromatic heterocycles. The van der Waals surface area contributed by atoms with Gasteiger partial charge in [0.1, 0.15) is 11.5 Å². The molecule has 0 bridgehead atoms. The van der Waals surface area contributed by atoms with Gasteiger partial charge in [-0.05, 0) is 23.3 Å². The molecule has 3 heterocycles. The molecule has 0 unspecified atom stereocenters. The summed E-state index contributed by atoms with van der Waals surface area (Å²) in [4.78, 5) is 0. The SMILES string of the molecule is CC(C)(C)c1cc(Cn2nnnc2C2CCOCC2)no1. The molecular weight excluding hydrogens is 270 g/mol. The van der Waals surface area contributed by atoms with Gasteiger partial charge in [-0.3, -0.25) is 0 Å². The number of hydrogen-bond donors (Lipinski definition) is 0. The molecule has 0 aliphatic carbocycles. The molecule has 0 atom stereocenters. The van der Waals surface area contributed by atoms with Crippen LogP contribution < -0.4 is 0 Å². The number of tetrazole rings is 1. The van der Waals surface area contributed by atoms with Gasteiger partial charge in [-0.1, -0.05) is 25.9 Å². The Kier molecular flexibility index (Phi) is 3.75. The molecule has 2 aromatic rings. The first-order valence-electron chi connectivity index (χ1n) is 7.34. The van der Waals surface area contributed by atoms with Crippen LogP contribution >= 0.6 is 0 Å². The van der Waals surface area contributed by atoms with E-state index in [1.165, 1.54) is 0 Å². The van der Waals surface area contributed by atoms with Crippen molar-refractivity contribution in [3.63, 3.8) is 0 Å². The van der Waals surface area contributed by atoms with E-state index in [-0.39, 0.29) is 5.41 Å². The second-order valence-electron chi connectivity index (χ2n) is 6.51. The monoisotopic (exact) mass is 291 g/mol. The van der Waals surface area contributed by atoms with Gasteiger partial charge < -0.3 is 9.26 Å². The quantitative estimate of drug-likeness (QED) is 0.859. The molecule has 0 N–H and O–H groups in total. The van der Waals surface area contributed by atoms with Crippen LogP contribution in [0.5, 0.6) is 0 Å². The van der Waals surface area contributed by atoms with Crippen molar-refractivity contribution >= 4 is 0 Å². The third-order valence-electron chi connectivity index (χ3n) is 3.76. The molecular formula is C14H21N5O2. The number of ether oxygens (including phenoxy) is 1. The van der Waals surface area contributed by atoms with E-state index in [9.17, 15) is 0 Å². The minimum Gasteiger partial charge on any atom is -0.381 e. The van der Waals surface area contributed by atoms with Crippen molar-refractivity contribution in [1.29, 1.82) is 0 Å². The second kappa shape index (κ2) is 5.55. The summed E-state index contributed by atoms with van der Waals surface area (Å²) in [5.41, 5.74) is 0.801. The highest BCUT2D eigenvalue weighted by Gasteiger charge is 2.24. The maximum Gasteiger partial charge on any atom is 0.154 e. The van der Waals surface area contributed by atoms with Gasteiger partial charge in [0.15, 0.2) is 5.82 Å². The van der Waals surface area contributed by atoms with Crippen molar-refractivity contribution in [3.05, 3.63) is 23.3 Å². The van der Waals surface area contributed by atoms with E-state index in [1.807, 2.05) is 10.7 Å². The molecule has 3 rings (SSSR count). The van der Waals surface area contributed by atoms with Crippen LogP contribution in [-0.4, -0.2) is 38.6 Å². The fourth-order valence-corrected chi connectivity index (χ4v) is 2.47. The van der Waals surface area contributed by atoms with Crippen molar-refractivity contribution < 1.29 is 9.26 Å². The van der Waals surface area contributed by atoms with E-state index >= 15 is 0 Å². The van der Waals surface area contributed by atoms with Crippen LogP contribution in [-0.2, 0) is 16.7 Å². The van der Waals surface area contributed by atoms with Gasteiger partial charge in [0.2, 0.25) is 0 Å². The standard InChI is InChI=1S/C14H21N5O2/c1-14(2,3)12-8-11(16-21-12)9-19-13(15-17-18-19)10-4-6-20-7-5-10/h8,10H,4-7,9H2,1-3H3. The van der Waals surface area contributed by atoms with Crippen LogP contribution in [0.4, 0.5) is 0 Å². The molecule has 0 aromatic carbocycles. The van der Waals surface area contributed by atoms with Gasteiger partial charge in [-0.2, -0.15) is 0 Å². The summed E-state index contributed by atoms with van der Waals surface area (Å²) in [6.45, 7) is 8.38. The van der Waals surface area contributed by atoms with E-state index in [2.05, 4.69) is 41.5 Å². The molecule has 1 aliphatic rings. The Morgan fingerprint density at radius 1 is 1.29 bits per heavy atom. The summed E-state index contributed by atoms with van der Waals surface area (Å²) < 4.78 is 12.6. The molecule has 7 heteroatoms. The van der Waals surface area contributed by atoms with Crippen LogP contribution in [0.15, 0.2) is 10.6 Å². The van der Waals surface area contributed by atoms with Crippen LogP contribution in [0.1, 0.15) is 56.8 Å². The zero-order valence-electron chi connectivity index (χ0n) is 12.7. The van der Waals surface area contributed by atoms with Gasteiger partial charge in [0.05, 0.1) is 6.54 Å². The normalized spacial score (nSPS) is 17.3. The lowest BCUT2D eigenvalue weighted by molar-refractivity contribution is 0.0826. The van der Waals surface area contributed by atoms with Crippen LogP contribution in [0.2, 0.25) is 0 Å². The number of hydrogen-bond acceptors (Lipinski definition) is 6. The lowest BCUT2D eigenvalue weighted by Gasteiger charge is -2.20. The van der Waals surface area contributed by atoms with Gasteiger partial charge >= 0.3 is 0 Å². The summed E-state index contributed by atoms with van der Waals surface area (Å²) in [7, 11) is 0. The Hall–Kier alpha value is -1.76. The Balaban J connectivity index is 1.76. The van der Waals surface area contributed by atoms with E-state index in [0.29, 0.717) is 12.5 Å². The fourth-order valence-electron chi connectivity index (χ4n) is 2.47. The Morgan fingerprint density at radius 2 is 2.05 bits per heavy atom. The maximum atomic E-state index is 5.41. The van der Waals surface area contributed by atoms with Gasteiger partial charge in [-0.15, -0.1) is 5.10 Å². The molecule has 7 nitrogen and oxygen atoms in total. The molecule has 1 fully saturated rings. The zero-order chi connectivity index (χ0) is 14.9. The molecule has 0 radical (unpaired) electrons. The average molecular weight is 291 g/mol. The third kappa shape index (κ3) is 3.12. The van der Waals surface area contributed by atoms with Gasteiger partial charge in [0, 0.05) is 30.6 Å². The number of rotatable bonds is 3. The highest BCUT2D eigenvalue weighted by molar-refractivity contribution is 5.13. The predicted molar refractivity (Wildman–Crippen MR) is 74.9 cm³/mol. The Bertz CT molecular complexity index is 593. The molecule has 1 aliphatic heterocycles. The van der Waals surface area contributed by atoms with Crippen molar-refractivity contribution in [3.8, 4) is 0 Å². The van der Waals surface area contributed by atoms with Crippen molar-refractivity contribution in [2.24, 2.45) is 0 Å². The topological polar surface area (TPSA) is 78.9 Å². The van der Waals surface area contributed by atoms with Gasteiger partial charge in [0.25, 0.3) is 0 Å². The first kappa shape index (κ1) is 14.2. The zero-order valence-corrected chi connectivity index (χ0v) is 12.7. The summed E-state index contributed by atoms with van der Waals surface area (Å²) in [5.74, 6) is 2.15. The second-order valence-corrected chi connectivity index (χ2v) is 6.51. The summed E-state index contributed by atoms with van der Waals surface area (Å²) >= 11 is 0. The fraction of sp³-hybridized carbons (Fsp3) is 0.714.